The van der Waals surface area contributed by atoms with Crippen LogP contribution in [0.15, 0.2) is 53.9 Å². The second-order valence-electron chi connectivity index (χ2n) is 6.69. The third-order valence-corrected chi connectivity index (χ3v) is 5.74. The van der Waals surface area contributed by atoms with Gasteiger partial charge in [0.25, 0.3) is 0 Å². The van der Waals surface area contributed by atoms with Crippen molar-refractivity contribution in [1.29, 1.82) is 5.26 Å². The maximum atomic E-state index is 12.7. The summed E-state index contributed by atoms with van der Waals surface area (Å²) >= 11 is 1.63. The molecule has 7 heteroatoms. The third kappa shape index (κ3) is 3.87. The van der Waals surface area contributed by atoms with E-state index in [0.29, 0.717) is 17.8 Å². The van der Waals surface area contributed by atoms with E-state index in [1.807, 2.05) is 35.7 Å². The summed E-state index contributed by atoms with van der Waals surface area (Å²) < 4.78 is 0. The fraction of sp³-hybridized carbons (Fsp3) is 0.238. The van der Waals surface area contributed by atoms with Crippen LogP contribution in [0.25, 0.3) is 10.6 Å². The molecule has 1 aliphatic rings. The van der Waals surface area contributed by atoms with Crippen molar-refractivity contribution in [3.8, 4) is 16.6 Å². The molecule has 3 heterocycles. The quantitative estimate of drug-likeness (QED) is 0.731. The zero-order valence-corrected chi connectivity index (χ0v) is 16.0. The lowest BCUT2D eigenvalue weighted by Gasteiger charge is -2.32. The Bertz CT molecular complexity index is 994. The molecule has 140 valence electrons. The van der Waals surface area contributed by atoms with Crippen LogP contribution in [0.4, 0.5) is 11.5 Å². The minimum atomic E-state index is -0.153. The molecule has 4 rings (SSSR count). The van der Waals surface area contributed by atoms with Crippen LogP contribution in [0.1, 0.15) is 18.4 Å². The number of hydrogen-bond acceptors (Lipinski definition) is 6. The second-order valence-corrected chi connectivity index (χ2v) is 7.63. The van der Waals surface area contributed by atoms with E-state index in [-0.39, 0.29) is 11.8 Å². The fourth-order valence-electron chi connectivity index (χ4n) is 3.37. The molecule has 2 aromatic heterocycles. The summed E-state index contributed by atoms with van der Waals surface area (Å²) in [6.45, 7) is 1.44. The first-order valence-corrected chi connectivity index (χ1v) is 10.0. The van der Waals surface area contributed by atoms with E-state index in [0.717, 1.165) is 35.8 Å². The largest absolute Gasteiger partial charge is 0.354 e. The number of anilines is 2. The molecular weight excluding hydrogens is 370 g/mol. The summed E-state index contributed by atoms with van der Waals surface area (Å²) in [5, 5.41) is 22.8. The summed E-state index contributed by atoms with van der Waals surface area (Å²) in [6.07, 6.45) is 1.73. The van der Waals surface area contributed by atoms with Crippen molar-refractivity contribution >= 4 is 28.7 Å². The second kappa shape index (κ2) is 8.19. The first-order chi connectivity index (χ1) is 13.7. The molecule has 1 aromatic carbocycles. The fourth-order valence-corrected chi connectivity index (χ4v) is 4.06. The minimum Gasteiger partial charge on any atom is -0.354 e. The van der Waals surface area contributed by atoms with Gasteiger partial charge in [0.15, 0.2) is 5.82 Å². The van der Waals surface area contributed by atoms with E-state index >= 15 is 0 Å². The Hall–Kier alpha value is -3.24. The number of aromatic nitrogens is 2. The maximum absolute atomic E-state index is 12.7. The number of para-hydroxylation sites is 1. The molecule has 3 aromatic rings. The minimum absolute atomic E-state index is 0.0597. The summed E-state index contributed by atoms with van der Waals surface area (Å²) in [5.74, 6) is 0.574. The van der Waals surface area contributed by atoms with Gasteiger partial charge in [-0.1, -0.05) is 18.2 Å². The van der Waals surface area contributed by atoms with Gasteiger partial charge in [0.2, 0.25) is 5.91 Å². The smallest absolute Gasteiger partial charge is 0.229 e. The van der Waals surface area contributed by atoms with Gasteiger partial charge in [-0.3, -0.25) is 4.79 Å². The van der Waals surface area contributed by atoms with Gasteiger partial charge < -0.3 is 10.2 Å². The van der Waals surface area contributed by atoms with Gasteiger partial charge in [-0.15, -0.1) is 21.5 Å². The first-order valence-electron chi connectivity index (χ1n) is 9.17. The molecule has 1 N–H and O–H groups in total. The molecule has 0 spiro atoms. The Morgan fingerprint density at radius 1 is 1.18 bits per heavy atom. The number of nitriles is 1. The van der Waals surface area contributed by atoms with E-state index in [2.05, 4.69) is 26.5 Å². The molecule has 28 heavy (non-hydrogen) atoms. The number of piperidine rings is 1. The lowest BCUT2D eigenvalue weighted by Crippen LogP contribution is -2.41. The van der Waals surface area contributed by atoms with Gasteiger partial charge in [-0.2, -0.15) is 5.26 Å². The first kappa shape index (κ1) is 18.1. The van der Waals surface area contributed by atoms with Gasteiger partial charge in [0, 0.05) is 13.1 Å². The number of hydrogen-bond donors (Lipinski definition) is 1. The van der Waals surface area contributed by atoms with E-state index in [1.165, 1.54) is 0 Å². The van der Waals surface area contributed by atoms with Crippen LogP contribution in [0, 0.1) is 17.2 Å². The molecular formula is C21H19N5OS. The normalized spacial score (nSPS) is 16.4. The van der Waals surface area contributed by atoms with Gasteiger partial charge in [0.1, 0.15) is 11.8 Å². The van der Waals surface area contributed by atoms with Crippen LogP contribution in [-0.4, -0.2) is 29.2 Å². The Morgan fingerprint density at radius 3 is 2.82 bits per heavy atom. The SMILES string of the molecule is N#Cc1ccccc1NC(=O)C1CCCN(c2ccc(-c3cccs3)nn2)C1. The molecule has 1 aliphatic heterocycles. The van der Waals surface area contributed by atoms with Gasteiger partial charge >= 0.3 is 0 Å². The zero-order chi connectivity index (χ0) is 19.3. The number of nitrogens with zero attached hydrogens (tertiary/aromatic N) is 4. The molecule has 1 amide bonds. The van der Waals surface area contributed by atoms with Crippen LogP contribution >= 0.6 is 11.3 Å². The van der Waals surface area contributed by atoms with Gasteiger partial charge in [-0.05, 0) is 48.6 Å². The summed E-state index contributed by atoms with van der Waals surface area (Å²) in [6, 6.07) is 17.1. The highest BCUT2D eigenvalue weighted by atomic mass is 32.1. The number of benzene rings is 1. The van der Waals surface area contributed by atoms with Gasteiger partial charge in [-0.25, -0.2) is 0 Å². The number of nitrogens with one attached hydrogen (secondary N) is 1. The molecule has 1 atom stereocenters. The van der Waals surface area contributed by atoms with Crippen molar-refractivity contribution < 1.29 is 4.79 Å². The summed E-state index contributed by atoms with van der Waals surface area (Å²) in [7, 11) is 0. The monoisotopic (exact) mass is 389 g/mol. The molecule has 0 aliphatic carbocycles. The van der Waals surface area contributed by atoms with Crippen molar-refractivity contribution in [2.45, 2.75) is 12.8 Å². The third-order valence-electron chi connectivity index (χ3n) is 4.85. The highest BCUT2D eigenvalue weighted by Gasteiger charge is 2.27. The number of amides is 1. The molecule has 1 saturated heterocycles. The number of rotatable bonds is 4. The lowest BCUT2D eigenvalue weighted by atomic mass is 9.97. The molecule has 1 fully saturated rings. The summed E-state index contributed by atoms with van der Waals surface area (Å²) in [4.78, 5) is 15.9. The zero-order valence-electron chi connectivity index (χ0n) is 15.2. The molecule has 6 nitrogen and oxygen atoms in total. The van der Waals surface area contributed by atoms with E-state index < -0.39 is 0 Å². The lowest BCUT2D eigenvalue weighted by molar-refractivity contribution is -0.120. The molecule has 0 radical (unpaired) electrons. The van der Waals surface area contributed by atoms with Crippen LogP contribution in [-0.2, 0) is 4.79 Å². The van der Waals surface area contributed by atoms with Crippen molar-refractivity contribution in [3.63, 3.8) is 0 Å². The topological polar surface area (TPSA) is 81.9 Å². The van der Waals surface area contributed by atoms with Crippen molar-refractivity contribution in [2.75, 3.05) is 23.3 Å². The van der Waals surface area contributed by atoms with E-state index in [4.69, 9.17) is 0 Å². The Morgan fingerprint density at radius 2 is 2.07 bits per heavy atom. The maximum Gasteiger partial charge on any atom is 0.229 e. The van der Waals surface area contributed by atoms with Crippen molar-refractivity contribution in [3.05, 3.63) is 59.5 Å². The number of carbonyl (C=O) groups excluding carboxylic acids is 1. The van der Waals surface area contributed by atoms with E-state index in [9.17, 15) is 10.1 Å². The van der Waals surface area contributed by atoms with Crippen molar-refractivity contribution in [2.24, 2.45) is 5.92 Å². The van der Waals surface area contributed by atoms with Crippen LogP contribution in [0.3, 0.4) is 0 Å². The molecule has 0 bridgehead atoms. The van der Waals surface area contributed by atoms with E-state index in [1.54, 1.807) is 29.5 Å². The van der Waals surface area contributed by atoms with Crippen LogP contribution in [0.5, 0.6) is 0 Å². The molecule has 0 saturated carbocycles. The van der Waals surface area contributed by atoms with Gasteiger partial charge in [0.05, 0.1) is 22.0 Å². The van der Waals surface area contributed by atoms with Crippen LogP contribution < -0.4 is 10.2 Å². The highest BCUT2D eigenvalue weighted by Crippen LogP contribution is 2.26. The average molecular weight is 389 g/mol. The van der Waals surface area contributed by atoms with Crippen molar-refractivity contribution in [1.82, 2.24) is 10.2 Å². The Labute approximate surface area is 167 Å². The summed E-state index contributed by atoms with van der Waals surface area (Å²) in [5.41, 5.74) is 1.89. The molecule has 1 unspecified atom stereocenters. The van der Waals surface area contributed by atoms with Crippen LogP contribution in [0.2, 0.25) is 0 Å². The predicted molar refractivity (Wildman–Crippen MR) is 110 cm³/mol. The predicted octanol–water partition coefficient (Wildman–Crippen LogP) is 3.93. The standard InChI is InChI=1S/C21H19N5OS/c22-13-15-5-1-2-7-17(15)23-21(27)16-6-3-11-26(14-16)20-10-9-18(24-25-20)19-8-4-12-28-19/h1-2,4-5,7-10,12,16H,3,6,11,14H2,(H,23,27). The Balaban J connectivity index is 1.44. The number of carbonyl (C=O) groups is 1. The highest BCUT2D eigenvalue weighted by molar-refractivity contribution is 7.13. The Kier molecular flexibility index (Phi) is 5.31. The number of thiophene rings is 1. The average Bonchev–Trinajstić information content (AvgIpc) is 3.29.